The minimum atomic E-state index is 0.416. The molecule has 1 saturated carbocycles. The maximum atomic E-state index is 6.11. The number of methoxy groups -OCH3 is 1. The molecule has 18 heavy (non-hydrogen) atoms. The van der Waals surface area contributed by atoms with Gasteiger partial charge in [0.05, 0.1) is 7.11 Å². The predicted molar refractivity (Wildman–Crippen MR) is 76.3 cm³/mol. The summed E-state index contributed by atoms with van der Waals surface area (Å²) in [4.78, 5) is 0. The van der Waals surface area contributed by atoms with E-state index < -0.39 is 0 Å². The molecule has 0 heterocycles. The van der Waals surface area contributed by atoms with Crippen LogP contribution in [0.25, 0.3) is 0 Å². The molecule has 1 aromatic carbocycles. The Kier molecular flexibility index (Phi) is 5.33. The van der Waals surface area contributed by atoms with Crippen molar-refractivity contribution in [3.63, 3.8) is 0 Å². The summed E-state index contributed by atoms with van der Waals surface area (Å²) >= 11 is 6.11. The van der Waals surface area contributed by atoms with Crippen molar-refractivity contribution >= 4 is 11.6 Å². The van der Waals surface area contributed by atoms with Crippen molar-refractivity contribution in [2.24, 2.45) is 5.92 Å². The molecule has 100 valence electrons. The Morgan fingerprint density at radius 3 is 2.78 bits per heavy atom. The van der Waals surface area contributed by atoms with Crippen LogP contribution in [0.4, 0.5) is 0 Å². The van der Waals surface area contributed by atoms with Crippen LogP contribution >= 0.6 is 11.6 Å². The SMILES string of the molecule is COc1cccc(CNCC2CCC(Cl)CC2)c1. The van der Waals surface area contributed by atoms with Crippen LogP contribution in [-0.4, -0.2) is 19.0 Å². The quantitative estimate of drug-likeness (QED) is 0.824. The van der Waals surface area contributed by atoms with Gasteiger partial charge in [-0.15, -0.1) is 11.6 Å². The molecule has 1 aromatic rings. The van der Waals surface area contributed by atoms with E-state index in [1.165, 1.54) is 31.2 Å². The lowest BCUT2D eigenvalue weighted by molar-refractivity contribution is 0.345. The third kappa shape index (κ3) is 4.18. The minimum absolute atomic E-state index is 0.416. The van der Waals surface area contributed by atoms with E-state index in [1.54, 1.807) is 7.11 Å². The first-order valence-electron chi connectivity index (χ1n) is 6.75. The van der Waals surface area contributed by atoms with E-state index in [-0.39, 0.29) is 0 Å². The summed E-state index contributed by atoms with van der Waals surface area (Å²) < 4.78 is 5.22. The van der Waals surface area contributed by atoms with E-state index in [0.717, 1.165) is 24.8 Å². The molecule has 0 saturated heterocycles. The van der Waals surface area contributed by atoms with E-state index in [9.17, 15) is 0 Å². The first kappa shape index (κ1) is 13.7. The maximum Gasteiger partial charge on any atom is 0.119 e. The largest absolute Gasteiger partial charge is 0.497 e. The van der Waals surface area contributed by atoms with Gasteiger partial charge in [-0.2, -0.15) is 0 Å². The molecule has 0 aromatic heterocycles. The van der Waals surface area contributed by atoms with Gasteiger partial charge in [0.2, 0.25) is 0 Å². The van der Waals surface area contributed by atoms with Crippen LogP contribution in [0.2, 0.25) is 0 Å². The van der Waals surface area contributed by atoms with Gasteiger partial charge >= 0.3 is 0 Å². The van der Waals surface area contributed by atoms with Gasteiger partial charge in [-0.1, -0.05) is 12.1 Å². The molecule has 3 heteroatoms. The van der Waals surface area contributed by atoms with Crippen LogP contribution in [0.3, 0.4) is 0 Å². The first-order valence-corrected chi connectivity index (χ1v) is 7.19. The van der Waals surface area contributed by atoms with Gasteiger partial charge in [-0.25, -0.2) is 0 Å². The van der Waals surface area contributed by atoms with E-state index in [2.05, 4.69) is 17.4 Å². The second-order valence-corrected chi connectivity index (χ2v) is 5.72. The van der Waals surface area contributed by atoms with E-state index in [4.69, 9.17) is 16.3 Å². The molecule has 1 aliphatic rings. The summed E-state index contributed by atoms with van der Waals surface area (Å²) in [5.74, 6) is 1.72. The fraction of sp³-hybridized carbons (Fsp3) is 0.600. The van der Waals surface area contributed by atoms with Crippen LogP contribution in [0.5, 0.6) is 5.75 Å². The third-order valence-corrected chi connectivity index (χ3v) is 4.11. The molecule has 0 radical (unpaired) electrons. The van der Waals surface area contributed by atoms with Gasteiger partial charge in [0.15, 0.2) is 0 Å². The van der Waals surface area contributed by atoms with Gasteiger partial charge in [0, 0.05) is 11.9 Å². The smallest absolute Gasteiger partial charge is 0.119 e. The van der Waals surface area contributed by atoms with Crippen molar-refractivity contribution in [3.8, 4) is 5.75 Å². The number of benzene rings is 1. The number of ether oxygens (including phenoxy) is 1. The topological polar surface area (TPSA) is 21.3 Å². The zero-order chi connectivity index (χ0) is 12.8. The van der Waals surface area contributed by atoms with Gasteiger partial charge in [-0.3, -0.25) is 0 Å². The molecule has 1 N–H and O–H groups in total. The molecule has 0 amide bonds. The lowest BCUT2D eigenvalue weighted by Gasteiger charge is -2.25. The highest BCUT2D eigenvalue weighted by molar-refractivity contribution is 6.20. The van der Waals surface area contributed by atoms with Gasteiger partial charge in [-0.05, 0) is 55.8 Å². The lowest BCUT2D eigenvalue weighted by Crippen LogP contribution is -2.26. The standard InChI is InChI=1S/C15H22ClNO/c1-18-15-4-2-3-13(9-15)11-17-10-12-5-7-14(16)8-6-12/h2-4,9,12,14,17H,5-8,10-11H2,1H3. The fourth-order valence-electron chi connectivity index (χ4n) is 2.53. The van der Waals surface area contributed by atoms with E-state index >= 15 is 0 Å². The molecular weight excluding hydrogens is 246 g/mol. The maximum absolute atomic E-state index is 6.11. The number of hydrogen-bond donors (Lipinski definition) is 1. The summed E-state index contributed by atoms with van der Waals surface area (Å²) in [5.41, 5.74) is 1.28. The van der Waals surface area contributed by atoms with Crippen LogP contribution < -0.4 is 10.1 Å². The number of halogens is 1. The van der Waals surface area contributed by atoms with Gasteiger partial charge in [0.25, 0.3) is 0 Å². The van der Waals surface area contributed by atoms with Crippen LogP contribution in [-0.2, 0) is 6.54 Å². The van der Waals surface area contributed by atoms with E-state index in [1.807, 2.05) is 12.1 Å². The monoisotopic (exact) mass is 267 g/mol. The molecule has 2 nitrogen and oxygen atoms in total. The Morgan fingerprint density at radius 1 is 1.28 bits per heavy atom. The summed E-state index contributed by atoms with van der Waals surface area (Å²) in [5, 5.41) is 3.96. The van der Waals surface area contributed by atoms with Crippen molar-refractivity contribution in [1.82, 2.24) is 5.32 Å². The number of nitrogens with one attached hydrogen (secondary N) is 1. The van der Waals surface area contributed by atoms with Crippen molar-refractivity contribution in [2.45, 2.75) is 37.6 Å². The van der Waals surface area contributed by atoms with Crippen molar-refractivity contribution in [2.75, 3.05) is 13.7 Å². The fourth-order valence-corrected chi connectivity index (χ4v) is 2.78. The number of rotatable bonds is 5. The van der Waals surface area contributed by atoms with Crippen LogP contribution in [0.15, 0.2) is 24.3 Å². The number of hydrogen-bond acceptors (Lipinski definition) is 2. The van der Waals surface area contributed by atoms with Crippen LogP contribution in [0.1, 0.15) is 31.2 Å². The Morgan fingerprint density at radius 2 is 2.06 bits per heavy atom. The summed E-state index contributed by atoms with van der Waals surface area (Å²) in [6, 6.07) is 8.23. The third-order valence-electron chi connectivity index (χ3n) is 3.67. The van der Waals surface area contributed by atoms with Crippen molar-refractivity contribution < 1.29 is 4.74 Å². The van der Waals surface area contributed by atoms with Gasteiger partial charge < -0.3 is 10.1 Å². The molecule has 0 bridgehead atoms. The van der Waals surface area contributed by atoms with Crippen molar-refractivity contribution in [3.05, 3.63) is 29.8 Å². The Hall–Kier alpha value is -0.730. The first-order chi connectivity index (χ1) is 8.78. The molecule has 0 unspecified atom stereocenters. The zero-order valence-electron chi connectivity index (χ0n) is 11.0. The number of alkyl halides is 1. The molecule has 1 aliphatic carbocycles. The molecule has 1 fully saturated rings. The molecule has 0 atom stereocenters. The highest BCUT2D eigenvalue weighted by Gasteiger charge is 2.18. The average molecular weight is 268 g/mol. The van der Waals surface area contributed by atoms with Crippen molar-refractivity contribution in [1.29, 1.82) is 0 Å². The summed E-state index contributed by atoms with van der Waals surface area (Å²) in [6.45, 7) is 2.01. The minimum Gasteiger partial charge on any atom is -0.497 e. The Balaban J connectivity index is 1.71. The van der Waals surface area contributed by atoms with E-state index in [0.29, 0.717) is 5.38 Å². The van der Waals surface area contributed by atoms with Crippen LogP contribution in [0, 0.1) is 5.92 Å². The molecule has 0 spiro atoms. The second kappa shape index (κ2) is 7.01. The van der Waals surface area contributed by atoms with Gasteiger partial charge in [0.1, 0.15) is 5.75 Å². The summed E-state index contributed by atoms with van der Waals surface area (Å²) in [6.07, 6.45) is 4.87. The lowest BCUT2D eigenvalue weighted by atomic mass is 9.89. The zero-order valence-corrected chi connectivity index (χ0v) is 11.7. The molecule has 0 aliphatic heterocycles. The highest BCUT2D eigenvalue weighted by atomic mass is 35.5. The molecule has 2 rings (SSSR count). The summed E-state index contributed by atoms with van der Waals surface area (Å²) in [7, 11) is 1.71. The second-order valence-electron chi connectivity index (χ2n) is 5.10. The Labute approximate surface area is 115 Å². The average Bonchev–Trinajstić information content (AvgIpc) is 2.41. The molecular formula is C15H22ClNO. The normalized spacial score (nSPS) is 23.9. The highest BCUT2D eigenvalue weighted by Crippen LogP contribution is 2.27. The predicted octanol–water partition coefficient (Wildman–Crippen LogP) is 3.58. The Bertz CT molecular complexity index is 361.